The number of nitrogens with two attached hydrogens (primary N) is 1. The summed E-state index contributed by atoms with van der Waals surface area (Å²) in [4.78, 5) is 12.1. The van der Waals surface area contributed by atoms with E-state index in [4.69, 9.17) is 10.9 Å². The smallest absolute Gasteiger partial charge is 0.235 e. The fourth-order valence-electron chi connectivity index (χ4n) is 1.59. The van der Waals surface area contributed by atoms with Crippen molar-refractivity contribution in [3.05, 3.63) is 27.8 Å². The van der Waals surface area contributed by atoms with Gasteiger partial charge in [0.2, 0.25) is 5.91 Å². The number of nitrogens with zero attached hydrogens (tertiary/aromatic N) is 1. The maximum Gasteiger partial charge on any atom is 0.235 e. The summed E-state index contributed by atoms with van der Waals surface area (Å²) in [5.41, 5.74) is 6.23. The molecular formula is C12H16IN3O2. The van der Waals surface area contributed by atoms with Gasteiger partial charge in [0.15, 0.2) is 5.84 Å². The van der Waals surface area contributed by atoms with Gasteiger partial charge in [0, 0.05) is 9.26 Å². The molecule has 18 heavy (non-hydrogen) atoms. The van der Waals surface area contributed by atoms with E-state index >= 15 is 0 Å². The molecule has 1 aromatic carbocycles. The highest BCUT2D eigenvalue weighted by atomic mass is 127. The fraction of sp³-hybridized carbons (Fsp3) is 0.333. The number of carbonyl (C=O) groups is 1. The van der Waals surface area contributed by atoms with E-state index in [1.54, 1.807) is 0 Å². The van der Waals surface area contributed by atoms with Gasteiger partial charge in [-0.3, -0.25) is 4.79 Å². The summed E-state index contributed by atoms with van der Waals surface area (Å²) in [6.45, 7) is 3.69. The number of nitrogens with one attached hydrogen (secondary N) is 1. The first-order valence-corrected chi connectivity index (χ1v) is 6.57. The van der Waals surface area contributed by atoms with E-state index in [0.717, 1.165) is 3.57 Å². The van der Waals surface area contributed by atoms with Gasteiger partial charge in [-0.25, -0.2) is 0 Å². The molecule has 1 unspecified atom stereocenters. The van der Waals surface area contributed by atoms with Crippen molar-refractivity contribution in [1.82, 2.24) is 0 Å². The Morgan fingerprint density at radius 3 is 2.39 bits per heavy atom. The molecule has 6 heteroatoms. The standard InChI is InChI=1S/C12H16IN3O2/c1-7(2)10(11(14)16-18)12(17)15-9-5-3-8(13)4-6-9/h3-7,10,18H,1-2H3,(H2,14,16)(H,15,17). The molecule has 0 aliphatic rings. The predicted molar refractivity (Wildman–Crippen MR) is 79.5 cm³/mol. The lowest BCUT2D eigenvalue weighted by atomic mass is 9.94. The number of benzene rings is 1. The highest BCUT2D eigenvalue weighted by Crippen LogP contribution is 2.16. The predicted octanol–water partition coefficient (Wildman–Crippen LogP) is 2.25. The Kier molecular flexibility index (Phi) is 5.39. The van der Waals surface area contributed by atoms with Gasteiger partial charge in [-0.15, -0.1) is 0 Å². The van der Waals surface area contributed by atoms with Gasteiger partial charge in [-0.05, 0) is 52.8 Å². The van der Waals surface area contributed by atoms with Crippen molar-refractivity contribution >= 4 is 40.0 Å². The fourth-order valence-corrected chi connectivity index (χ4v) is 1.95. The number of rotatable bonds is 4. The minimum absolute atomic E-state index is 0.0512. The first-order valence-electron chi connectivity index (χ1n) is 5.49. The molecule has 0 heterocycles. The molecule has 0 aliphatic heterocycles. The van der Waals surface area contributed by atoms with Crippen molar-refractivity contribution in [3.63, 3.8) is 0 Å². The minimum Gasteiger partial charge on any atom is -0.409 e. The molecule has 4 N–H and O–H groups in total. The molecule has 0 bridgehead atoms. The van der Waals surface area contributed by atoms with Gasteiger partial charge in [-0.1, -0.05) is 19.0 Å². The summed E-state index contributed by atoms with van der Waals surface area (Å²) < 4.78 is 1.09. The van der Waals surface area contributed by atoms with E-state index in [1.165, 1.54) is 0 Å². The Bertz CT molecular complexity index is 443. The summed E-state index contributed by atoms with van der Waals surface area (Å²) in [7, 11) is 0. The van der Waals surface area contributed by atoms with Crippen molar-refractivity contribution in [1.29, 1.82) is 0 Å². The van der Waals surface area contributed by atoms with Crippen LogP contribution in [0.5, 0.6) is 0 Å². The van der Waals surface area contributed by atoms with E-state index < -0.39 is 5.92 Å². The van der Waals surface area contributed by atoms with Gasteiger partial charge >= 0.3 is 0 Å². The largest absolute Gasteiger partial charge is 0.409 e. The van der Waals surface area contributed by atoms with Gasteiger partial charge in [0.05, 0.1) is 0 Å². The molecule has 0 saturated carbocycles. The molecule has 1 rings (SSSR count). The number of halogens is 1. The second kappa shape index (κ2) is 6.58. The highest BCUT2D eigenvalue weighted by Gasteiger charge is 2.26. The number of hydrogen-bond acceptors (Lipinski definition) is 3. The lowest BCUT2D eigenvalue weighted by molar-refractivity contribution is -0.119. The van der Waals surface area contributed by atoms with Crippen LogP contribution in [0.25, 0.3) is 0 Å². The van der Waals surface area contributed by atoms with E-state index in [-0.39, 0.29) is 17.7 Å². The maximum atomic E-state index is 12.1. The monoisotopic (exact) mass is 361 g/mol. The Labute approximate surface area is 120 Å². The number of anilines is 1. The van der Waals surface area contributed by atoms with Crippen LogP contribution in [0.3, 0.4) is 0 Å². The lowest BCUT2D eigenvalue weighted by Crippen LogP contribution is -2.38. The van der Waals surface area contributed by atoms with Gasteiger partial charge in [0.25, 0.3) is 0 Å². The summed E-state index contributed by atoms with van der Waals surface area (Å²) in [5, 5.41) is 14.4. The SMILES string of the molecule is CC(C)C(C(=O)Nc1ccc(I)cc1)/C(N)=N/O. The molecule has 5 nitrogen and oxygen atoms in total. The summed E-state index contributed by atoms with van der Waals surface area (Å²) >= 11 is 2.19. The van der Waals surface area contributed by atoms with Crippen LogP contribution in [0.1, 0.15) is 13.8 Å². The van der Waals surface area contributed by atoms with Crippen LogP contribution in [0.15, 0.2) is 29.4 Å². The van der Waals surface area contributed by atoms with Crippen molar-refractivity contribution in [3.8, 4) is 0 Å². The summed E-state index contributed by atoms with van der Waals surface area (Å²) in [5.74, 6) is -1.05. The summed E-state index contributed by atoms with van der Waals surface area (Å²) in [6, 6.07) is 7.40. The number of hydrogen-bond donors (Lipinski definition) is 3. The Morgan fingerprint density at radius 1 is 1.39 bits per heavy atom. The third-order valence-electron chi connectivity index (χ3n) is 2.50. The van der Waals surface area contributed by atoms with Crippen LogP contribution in [-0.4, -0.2) is 17.0 Å². The van der Waals surface area contributed by atoms with E-state index in [2.05, 4.69) is 33.1 Å². The molecule has 0 fully saturated rings. The molecule has 0 aromatic heterocycles. The average molecular weight is 361 g/mol. The second-order valence-electron chi connectivity index (χ2n) is 4.24. The third kappa shape index (κ3) is 3.86. The topological polar surface area (TPSA) is 87.7 Å². The van der Waals surface area contributed by atoms with Crippen LogP contribution in [-0.2, 0) is 4.79 Å². The van der Waals surface area contributed by atoms with Crippen LogP contribution in [0.2, 0.25) is 0 Å². The normalized spacial score (nSPS) is 13.4. The molecule has 0 aliphatic carbocycles. The Morgan fingerprint density at radius 2 is 1.94 bits per heavy atom. The molecule has 0 spiro atoms. The van der Waals surface area contributed by atoms with Crippen molar-refractivity contribution in [2.75, 3.05) is 5.32 Å². The van der Waals surface area contributed by atoms with Crippen LogP contribution in [0, 0.1) is 15.4 Å². The highest BCUT2D eigenvalue weighted by molar-refractivity contribution is 14.1. The zero-order valence-electron chi connectivity index (χ0n) is 10.2. The number of amides is 1. The molecular weight excluding hydrogens is 345 g/mol. The number of carbonyl (C=O) groups excluding carboxylic acids is 1. The van der Waals surface area contributed by atoms with Gasteiger partial charge in [-0.2, -0.15) is 0 Å². The lowest BCUT2D eigenvalue weighted by Gasteiger charge is -2.18. The van der Waals surface area contributed by atoms with E-state index in [0.29, 0.717) is 5.69 Å². The van der Waals surface area contributed by atoms with E-state index in [1.807, 2.05) is 38.1 Å². The molecule has 1 amide bonds. The second-order valence-corrected chi connectivity index (χ2v) is 5.49. The van der Waals surface area contributed by atoms with Crippen LogP contribution < -0.4 is 11.1 Å². The van der Waals surface area contributed by atoms with Gasteiger partial charge in [0.1, 0.15) is 5.92 Å². The maximum absolute atomic E-state index is 12.1. The molecule has 1 aromatic rings. The molecule has 0 radical (unpaired) electrons. The van der Waals surface area contributed by atoms with Gasteiger partial charge < -0.3 is 16.3 Å². The van der Waals surface area contributed by atoms with Crippen molar-refractivity contribution in [2.45, 2.75) is 13.8 Å². The number of amidine groups is 1. The zero-order chi connectivity index (χ0) is 13.7. The molecule has 98 valence electrons. The van der Waals surface area contributed by atoms with Crippen LogP contribution >= 0.6 is 22.6 Å². The first-order chi connectivity index (χ1) is 8.45. The minimum atomic E-state index is -0.644. The molecule has 1 atom stereocenters. The molecule has 0 saturated heterocycles. The summed E-state index contributed by atoms with van der Waals surface area (Å²) in [6.07, 6.45) is 0. The number of oxime groups is 1. The first kappa shape index (κ1) is 14.7. The Balaban J connectivity index is 2.82. The zero-order valence-corrected chi connectivity index (χ0v) is 12.4. The Hall–Kier alpha value is -1.31. The average Bonchev–Trinajstić information content (AvgIpc) is 2.31. The quantitative estimate of drug-likeness (QED) is 0.253. The van der Waals surface area contributed by atoms with Crippen molar-refractivity contribution < 1.29 is 10.0 Å². The van der Waals surface area contributed by atoms with Crippen molar-refractivity contribution in [2.24, 2.45) is 22.7 Å². The van der Waals surface area contributed by atoms with Crippen LogP contribution in [0.4, 0.5) is 5.69 Å². The van der Waals surface area contributed by atoms with E-state index in [9.17, 15) is 4.79 Å². The third-order valence-corrected chi connectivity index (χ3v) is 3.21.